The van der Waals surface area contributed by atoms with Gasteiger partial charge in [-0.25, -0.2) is 14.8 Å². The van der Waals surface area contributed by atoms with Crippen molar-refractivity contribution in [3.05, 3.63) is 35.7 Å². The van der Waals surface area contributed by atoms with E-state index in [9.17, 15) is 13.2 Å². The van der Waals surface area contributed by atoms with Gasteiger partial charge in [0.2, 0.25) is 0 Å². The molecule has 0 amide bonds. The monoisotopic (exact) mass is 544 g/mol. The Bertz CT molecular complexity index is 1220. The quantitative estimate of drug-likeness (QED) is 0.445. The highest BCUT2D eigenvalue weighted by Crippen LogP contribution is 2.42. The van der Waals surface area contributed by atoms with E-state index in [1.165, 1.54) is 11.8 Å². The number of anilines is 1. The lowest BCUT2D eigenvalue weighted by Crippen LogP contribution is -2.50. The molecule has 14 heteroatoms. The van der Waals surface area contributed by atoms with Gasteiger partial charge in [0.25, 0.3) is 0 Å². The summed E-state index contributed by atoms with van der Waals surface area (Å²) in [7, 11) is 0. The summed E-state index contributed by atoms with van der Waals surface area (Å²) in [5.41, 5.74) is 7.45. The highest BCUT2D eigenvalue weighted by molar-refractivity contribution is 7.99. The zero-order chi connectivity index (χ0) is 26.1. The number of carbonyl (C=O) groups is 1. The van der Waals surface area contributed by atoms with Crippen molar-refractivity contribution in [2.24, 2.45) is 11.1 Å². The zero-order valence-corrected chi connectivity index (χ0v) is 20.7. The van der Waals surface area contributed by atoms with Gasteiger partial charge in [-0.1, -0.05) is 23.4 Å². The number of benzene rings is 1. The van der Waals surface area contributed by atoms with Gasteiger partial charge in [-0.2, -0.15) is 18.3 Å². The van der Waals surface area contributed by atoms with Crippen molar-refractivity contribution >= 4 is 46.1 Å². The molecule has 3 aromatic rings. The third-order valence-corrected chi connectivity index (χ3v) is 8.02. The fourth-order valence-electron chi connectivity index (χ4n) is 4.33. The molecule has 194 valence electrons. The third-order valence-electron chi connectivity index (χ3n) is 6.52. The Kier molecular flexibility index (Phi) is 7.64. The fourth-order valence-corrected chi connectivity index (χ4v) is 5.43. The smallest absolute Gasteiger partial charge is 0.475 e. The van der Waals surface area contributed by atoms with E-state index in [0.717, 1.165) is 59.2 Å². The minimum Gasteiger partial charge on any atom is -0.475 e. The Balaban J connectivity index is 0.000000384. The van der Waals surface area contributed by atoms with Crippen LogP contribution in [0.5, 0.6) is 0 Å². The lowest BCUT2D eigenvalue weighted by molar-refractivity contribution is -0.192. The molecule has 0 saturated carbocycles. The average Bonchev–Trinajstić information content (AvgIpc) is 3.43. The topological polar surface area (TPSA) is 130 Å². The number of aliphatic carboxylic acids is 1. The highest BCUT2D eigenvalue weighted by Gasteiger charge is 2.47. The second-order valence-electron chi connectivity index (χ2n) is 8.72. The van der Waals surface area contributed by atoms with Crippen LogP contribution < -0.4 is 10.6 Å². The van der Waals surface area contributed by atoms with Gasteiger partial charge in [0.1, 0.15) is 10.8 Å². The number of carboxylic acids is 1. The molecule has 4 heterocycles. The van der Waals surface area contributed by atoms with Gasteiger partial charge in [-0.15, -0.1) is 0 Å². The number of alkyl halides is 3. The molecule has 9 nitrogen and oxygen atoms in total. The van der Waals surface area contributed by atoms with Crippen LogP contribution in [-0.4, -0.2) is 69.3 Å². The Morgan fingerprint density at radius 1 is 1.28 bits per heavy atom. The predicted octanol–water partition coefficient (Wildman–Crippen LogP) is 4.12. The van der Waals surface area contributed by atoms with Crippen LogP contribution in [0.3, 0.4) is 0 Å². The summed E-state index contributed by atoms with van der Waals surface area (Å²) < 4.78 is 37.5. The van der Waals surface area contributed by atoms with Gasteiger partial charge >= 0.3 is 12.1 Å². The number of hydrogen-bond donors (Lipinski definition) is 3. The number of aromatic nitrogens is 4. The van der Waals surface area contributed by atoms with Gasteiger partial charge in [0, 0.05) is 34.8 Å². The van der Waals surface area contributed by atoms with Crippen molar-refractivity contribution in [3.63, 3.8) is 0 Å². The second-order valence-corrected chi connectivity index (χ2v) is 10.2. The molecule has 1 aromatic carbocycles. The fraction of sp³-hybridized carbons (Fsp3) is 0.455. The summed E-state index contributed by atoms with van der Waals surface area (Å²) >= 11 is 8.01. The molecule has 36 heavy (non-hydrogen) atoms. The Hall–Kier alpha value is -2.61. The minimum atomic E-state index is -5.08. The van der Waals surface area contributed by atoms with Gasteiger partial charge < -0.3 is 20.5 Å². The van der Waals surface area contributed by atoms with Crippen LogP contribution in [0.25, 0.3) is 10.9 Å². The van der Waals surface area contributed by atoms with Crippen LogP contribution in [0.2, 0.25) is 5.02 Å². The first kappa shape index (κ1) is 26.5. The SMILES string of the molecule is C[C@@H]1OCC2(CCN(c3cnc(Sc4ccc5[nH]ncc5c4Cl)cn3)CC2)[C@@H]1N.O=C(O)C(F)(F)F. The van der Waals surface area contributed by atoms with Crippen LogP contribution in [0.4, 0.5) is 19.0 Å². The summed E-state index contributed by atoms with van der Waals surface area (Å²) in [6.45, 7) is 4.69. The van der Waals surface area contributed by atoms with Crippen molar-refractivity contribution in [2.75, 3.05) is 24.6 Å². The normalized spacial score (nSPS) is 21.4. The van der Waals surface area contributed by atoms with Crippen LogP contribution >= 0.6 is 23.4 Å². The molecule has 2 aromatic heterocycles. The highest BCUT2D eigenvalue weighted by atomic mass is 35.5. The summed E-state index contributed by atoms with van der Waals surface area (Å²) in [4.78, 5) is 21.4. The predicted molar refractivity (Wildman–Crippen MR) is 128 cm³/mol. The van der Waals surface area contributed by atoms with Crippen LogP contribution in [-0.2, 0) is 9.53 Å². The largest absolute Gasteiger partial charge is 0.490 e. The van der Waals surface area contributed by atoms with E-state index in [4.69, 9.17) is 32.0 Å². The molecular weight excluding hydrogens is 521 g/mol. The van der Waals surface area contributed by atoms with Crippen molar-refractivity contribution in [1.82, 2.24) is 20.2 Å². The maximum absolute atomic E-state index is 10.6. The molecule has 2 saturated heterocycles. The lowest BCUT2D eigenvalue weighted by Gasteiger charge is -2.41. The van der Waals surface area contributed by atoms with Gasteiger partial charge in [0.05, 0.1) is 41.8 Å². The van der Waals surface area contributed by atoms with Gasteiger partial charge in [-0.3, -0.25) is 5.10 Å². The molecule has 2 aliphatic rings. The van der Waals surface area contributed by atoms with E-state index >= 15 is 0 Å². The van der Waals surface area contributed by atoms with Crippen molar-refractivity contribution < 1.29 is 27.8 Å². The number of nitrogens with one attached hydrogen (secondary N) is 1. The molecule has 1 spiro atoms. The van der Waals surface area contributed by atoms with E-state index in [2.05, 4.69) is 32.0 Å². The number of H-pyrrole nitrogens is 1. The maximum atomic E-state index is 10.6. The number of ether oxygens (including phenoxy) is 1. The first-order chi connectivity index (χ1) is 17.0. The first-order valence-corrected chi connectivity index (χ1v) is 12.2. The van der Waals surface area contributed by atoms with Crippen molar-refractivity contribution in [2.45, 2.75) is 48.0 Å². The van der Waals surface area contributed by atoms with Crippen LogP contribution in [0.1, 0.15) is 19.8 Å². The summed E-state index contributed by atoms with van der Waals surface area (Å²) in [6.07, 6.45) is 2.51. The van der Waals surface area contributed by atoms with E-state index in [1.54, 1.807) is 6.20 Å². The van der Waals surface area contributed by atoms with E-state index < -0.39 is 12.1 Å². The number of aromatic amines is 1. The molecule has 2 atom stereocenters. The number of carboxylic acid groups (broad SMARTS) is 1. The van der Waals surface area contributed by atoms with Crippen molar-refractivity contribution in [3.8, 4) is 0 Å². The molecule has 0 bridgehead atoms. The Morgan fingerprint density at radius 2 is 1.97 bits per heavy atom. The Morgan fingerprint density at radius 3 is 2.53 bits per heavy atom. The molecule has 5 rings (SSSR count). The standard InChI is InChI=1S/C20H23ClN6OS.C2HF3O2/c1-12-19(22)20(11-28-12)4-6-27(7-5-20)16-9-24-17(10-23-16)29-15-3-2-14-13(18(15)21)8-25-26-14;3-2(4,5)1(6)7/h2-3,8-10,12,19H,4-7,11,22H2,1H3,(H,25,26);(H,6,7)/t12-,19+;/m0./s1. The second kappa shape index (κ2) is 10.4. The van der Waals surface area contributed by atoms with Gasteiger partial charge in [0.15, 0.2) is 0 Å². The number of fused-ring (bicyclic) bond motifs is 1. The van der Waals surface area contributed by atoms with Crippen LogP contribution in [0.15, 0.2) is 40.6 Å². The molecule has 4 N–H and O–H groups in total. The van der Waals surface area contributed by atoms with Crippen molar-refractivity contribution in [1.29, 1.82) is 0 Å². The molecular formula is C22H24ClF3N6O3S. The molecule has 0 radical (unpaired) electrons. The van der Waals surface area contributed by atoms with E-state index in [1.807, 2.05) is 24.5 Å². The molecule has 2 fully saturated rings. The third kappa shape index (κ3) is 5.53. The number of halogens is 4. The Labute approximate surface area is 213 Å². The summed E-state index contributed by atoms with van der Waals surface area (Å²) in [6, 6.07) is 4.06. The molecule has 0 aliphatic carbocycles. The number of hydrogen-bond acceptors (Lipinski definition) is 8. The number of nitrogens with two attached hydrogens (primary N) is 1. The minimum absolute atomic E-state index is 0.113. The zero-order valence-electron chi connectivity index (χ0n) is 19.1. The molecule has 2 aliphatic heterocycles. The molecule has 0 unspecified atom stereocenters. The lowest BCUT2D eigenvalue weighted by atomic mass is 9.73. The summed E-state index contributed by atoms with van der Waals surface area (Å²) in [5, 5.41) is 16.5. The number of nitrogens with zero attached hydrogens (tertiary/aromatic N) is 4. The number of rotatable bonds is 3. The summed E-state index contributed by atoms with van der Waals surface area (Å²) in [5.74, 6) is -1.85. The van der Waals surface area contributed by atoms with Crippen LogP contribution in [0, 0.1) is 5.41 Å². The van der Waals surface area contributed by atoms with Gasteiger partial charge in [-0.05, 0) is 31.9 Å². The van der Waals surface area contributed by atoms with E-state index in [0.29, 0.717) is 5.02 Å². The average molecular weight is 545 g/mol. The maximum Gasteiger partial charge on any atom is 0.490 e. The number of piperidine rings is 1. The first-order valence-electron chi connectivity index (χ1n) is 11.0. The van der Waals surface area contributed by atoms with E-state index in [-0.39, 0.29) is 17.6 Å².